The molecule has 5 nitrogen and oxygen atoms in total. The highest BCUT2D eigenvalue weighted by Gasteiger charge is 2.21. The average Bonchev–Trinajstić information content (AvgIpc) is 2.74. The highest BCUT2D eigenvalue weighted by atomic mass is 16.5. The lowest BCUT2D eigenvalue weighted by Crippen LogP contribution is -2.40. The lowest BCUT2D eigenvalue weighted by Gasteiger charge is -2.28. The SMILES string of the molecule is CCCC(CCNC1CCc2cccc(OC)c2C1)NC(=O)c1ccccn1. The standard InChI is InChI=1S/C23H31N3O2/c1-3-7-18(26-23(27)21-9-4-5-14-25-21)13-15-24-19-12-11-17-8-6-10-22(28-2)20(17)16-19/h4-6,8-10,14,18-19,24H,3,7,11-13,15-16H2,1-2H3,(H,26,27). The largest absolute Gasteiger partial charge is 0.496 e. The van der Waals surface area contributed by atoms with Crippen LogP contribution in [0.2, 0.25) is 0 Å². The zero-order valence-electron chi connectivity index (χ0n) is 16.9. The molecular weight excluding hydrogens is 350 g/mol. The van der Waals surface area contributed by atoms with Crippen LogP contribution in [0.5, 0.6) is 5.75 Å². The normalized spacial score (nSPS) is 16.9. The molecule has 0 fully saturated rings. The molecule has 0 saturated heterocycles. The van der Waals surface area contributed by atoms with E-state index < -0.39 is 0 Å². The Morgan fingerprint density at radius 3 is 2.89 bits per heavy atom. The fourth-order valence-corrected chi connectivity index (χ4v) is 3.98. The van der Waals surface area contributed by atoms with E-state index in [-0.39, 0.29) is 11.9 Å². The van der Waals surface area contributed by atoms with Crippen molar-refractivity contribution >= 4 is 5.91 Å². The van der Waals surface area contributed by atoms with Gasteiger partial charge < -0.3 is 15.4 Å². The van der Waals surface area contributed by atoms with Gasteiger partial charge in [-0.05, 0) is 68.0 Å². The van der Waals surface area contributed by atoms with Crippen LogP contribution in [0.3, 0.4) is 0 Å². The van der Waals surface area contributed by atoms with Crippen LogP contribution in [-0.2, 0) is 12.8 Å². The summed E-state index contributed by atoms with van der Waals surface area (Å²) in [6, 6.07) is 12.4. The number of benzene rings is 1. The number of nitrogens with zero attached hydrogens (tertiary/aromatic N) is 1. The lowest BCUT2D eigenvalue weighted by atomic mass is 9.87. The summed E-state index contributed by atoms with van der Waals surface area (Å²) in [6.45, 7) is 3.04. The number of aryl methyl sites for hydroxylation is 1. The number of fused-ring (bicyclic) bond motifs is 1. The number of methoxy groups -OCH3 is 1. The third-order valence-electron chi connectivity index (χ3n) is 5.46. The topological polar surface area (TPSA) is 63.2 Å². The van der Waals surface area contributed by atoms with Gasteiger partial charge in [0, 0.05) is 18.3 Å². The summed E-state index contributed by atoms with van der Waals surface area (Å²) in [5.41, 5.74) is 3.22. The maximum absolute atomic E-state index is 12.4. The van der Waals surface area contributed by atoms with Crippen LogP contribution in [0.25, 0.3) is 0 Å². The third kappa shape index (κ3) is 5.32. The Morgan fingerprint density at radius 1 is 1.25 bits per heavy atom. The van der Waals surface area contributed by atoms with Crippen LogP contribution in [0.1, 0.15) is 54.2 Å². The minimum absolute atomic E-state index is 0.0876. The number of carbonyl (C=O) groups excluding carboxylic acids is 1. The molecule has 2 N–H and O–H groups in total. The average molecular weight is 382 g/mol. The quantitative estimate of drug-likeness (QED) is 0.698. The Morgan fingerprint density at radius 2 is 2.14 bits per heavy atom. The molecule has 0 saturated carbocycles. The molecule has 2 aromatic rings. The maximum atomic E-state index is 12.4. The van der Waals surface area contributed by atoms with E-state index in [1.807, 2.05) is 18.2 Å². The molecule has 5 heteroatoms. The summed E-state index contributed by atoms with van der Waals surface area (Å²) in [5.74, 6) is 0.908. The molecule has 1 amide bonds. The fraction of sp³-hybridized carbons (Fsp3) is 0.478. The van der Waals surface area contributed by atoms with Gasteiger partial charge in [0.25, 0.3) is 5.91 Å². The van der Waals surface area contributed by atoms with Gasteiger partial charge in [0.1, 0.15) is 11.4 Å². The fourth-order valence-electron chi connectivity index (χ4n) is 3.98. The Bertz CT molecular complexity index is 749. The molecule has 3 rings (SSSR count). The summed E-state index contributed by atoms with van der Waals surface area (Å²) in [6.07, 6.45) is 7.81. The second-order valence-corrected chi connectivity index (χ2v) is 7.45. The second kappa shape index (κ2) is 10.2. The van der Waals surface area contributed by atoms with Gasteiger partial charge in [0.15, 0.2) is 0 Å². The van der Waals surface area contributed by atoms with Gasteiger partial charge in [0.05, 0.1) is 7.11 Å². The molecule has 150 valence electrons. The van der Waals surface area contributed by atoms with E-state index in [0.717, 1.165) is 50.8 Å². The van der Waals surface area contributed by atoms with Crippen molar-refractivity contribution < 1.29 is 9.53 Å². The Kier molecular flexibility index (Phi) is 7.43. The molecule has 28 heavy (non-hydrogen) atoms. The summed E-state index contributed by atoms with van der Waals surface area (Å²) < 4.78 is 5.54. The third-order valence-corrected chi connectivity index (χ3v) is 5.46. The van der Waals surface area contributed by atoms with Gasteiger partial charge in [-0.1, -0.05) is 31.5 Å². The smallest absolute Gasteiger partial charge is 0.270 e. The van der Waals surface area contributed by atoms with E-state index in [4.69, 9.17) is 4.74 Å². The maximum Gasteiger partial charge on any atom is 0.270 e. The minimum atomic E-state index is -0.0876. The molecule has 2 unspecified atom stereocenters. The molecule has 2 atom stereocenters. The van der Waals surface area contributed by atoms with Crippen LogP contribution in [0.15, 0.2) is 42.6 Å². The van der Waals surface area contributed by atoms with Crippen molar-refractivity contribution in [2.75, 3.05) is 13.7 Å². The van der Waals surface area contributed by atoms with E-state index in [0.29, 0.717) is 11.7 Å². The molecule has 0 bridgehead atoms. The first kappa shape index (κ1) is 20.3. The first-order valence-corrected chi connectivity index (χ1v) is 10.3. The van der Waals surface area contributed by atoms with Gasteiger partial charge in [-0.15, -0.1) is 0 Å². The predicted molar refractivity (Wildman–Crippen MR) is 112 cm³/mol. The Labute approximate surface area is 167 Å². The van der Waals surface area contributed by atoms with E-state index in [9.17, 15) is 4.79 Å². The lowest BCUT2D eigenvalue weighted by molar-refractivity contribution is 0.0927. The van der Waals surface area contributed by atoms with Crippen LogP contribution >= 0.6 is 0 Å². The van der Waals surface area contributed by atoms with Crippen molar-refractivity contribution in [2.24, 2.45) is 0 Å². The van der Waals surface area contributed by atoms with Crippen molar-refractivity contribution in [1.82, 2.24) is 15.6 Å². The van der Waals surface area contributed by atoms with Crippen LogP contribution in [0, 0.1) is 0 Å². The van der Waals surface area contributed by atoms with Gasteiger partial charge in [0.2, 0.25) is 0 Å². The molecule has 0 spiro atoms. The van der Waals surface area contributed by atoms with E-state index in [1.165, 1.54) is 11.1 Å². The van der Waals surface area contributed by atoms with E-state index in [2.05, 4.69) is 34.7 Å². The first-order valence-electron chi connectivity index (χ1n) is 10.3. The predicted octanol–water partition coefficient (Wildman–Crippen LogP) is 3.53. The number of nitrogens with one attached hydrogen (secondary N) is 2. The number of rotatable bonds is 9. The number of ether oxygens (including phenoxy) is 1. The molecule has 1 aliphatic carbocycles. The summed E-state index contributed by atoms with van der Waals surface area (Å²) >= 11 is 0. The molecule has 0 radical (unpaired) electrons. The number of carbonyl (C=O) groups is 1. The summed E-state index contributed by atoms with van der Waals surface area (Å²) in [7, 11) is 1.74. The summed E-state index contributed by atoms with van der Waals surface area (Å²) in [4.78, 5) is 16.5. The van der Waals surface area contributed by atoms with Crippen LogP contribution < -0.4 is 15.4 Å². The second-order valence-electron chi connectivity index (χ2n) is 7.45. The van der Waals surface area contributed by atoms with Crippen LogP contribution in [0.4, 0.5) is 0 Å². The first-order chi connectivity index (χ1) is 13.7. The van der Waals surface area contributed by atoms with Crippen molar-refractivity contribution in [1.29, 1.82) is 0 Å². The number of pyridine rings is 1. The van der Waals surface area contributed by atoms with Gasteiger partial charge in [-0.3, -0.25) is 9.78 Å². The van der Waals surface area contributed by atoms with Gasteiger partial charge in [-0.25, -0.2) is 0 Å². The molecule has 1 heterocycles. The van der Waals surface area contributed by atoms with Gasteiger partial charge in [-0.2, -0.15) is 0 Å². The minimum Gasteiger partial charge on any atom is -0.496 e. The van der Waals surface area contributed by atoms with E-state index >= 15 is 0 Å². The van der Waals surface area contributed by atoms with Gasteiger partial charge >= 0.3 is 0 Å². The highest BCUT2D eigenvalue weighted by Crippen LogP contribution is 2.29. The molecule has 1 aromatic heterocycles. The Balaban J connectivity index is 1.50. The monoisotopic (exact) mass is 381 g/mol. The highest BCUT2D eigenvalue weighted by molar-refractivity contribution is 5.92. The molecular formula is C23H31N3O2. The van der Waals surface area contributed by atoms with Crippen molar-refractivity contribution in [3.63, 3.8) is 0 Å². The molecule has 0 aliphatic heterocycles. The Hall–Kier alpha value is -2.40. The number of amides is 1. The van der Waals surface area contributed by atoms with Crippen molar-refractivity contribution in [2.45, 2.75) is 57.5 Å². The number of hydrogen-bond acceptors (Lipinski definition) is 4. The molecule has 1 aromatic carbocycles. The number of hydrogen-bond donors (Lipinski definition) is 2. The zero-order chi connectivity index (χ0) is 19.8. The van der Waals surface area contributed by atoms with Crippen molar-refractivity contribution in [3.05, 3.63) is 59.4 Å². The van der Waals surface area contributed by atoms with E-state index in [1.54, 1.807) is 19.4 Å². The van der Waals surface area contributed by atoms with Crippen LogP contribution in [-0.4, -0.2) is 36.6 Å². The summed E-state index contributed by atoms with van der Waals surface area (Å²) in [5, 5.41) is 6.84. The zero-order valence-corrected chi connectivity index (χ0v) is 16.9. The molecule has 1 aliphatic rings. The van der Waals surface area contributed by atoms with Crippen molar-refractivity contribution in [3.8, 4) is 5.75 Å². The number of aromatic nitrogens is 1.